The Balaban J connectivity index is 1.91. The molecule has 1 N–H and O–H groups in total. The largest absolute Gasteiger partial charge is 0.352 e. The van der Waals surface area contributed by atoms with Crippen molar-refractivity contribution in [2.45, 2.75) is 26.8 Å². The average molecular weight is 245 g/mol. The molecule has 3 nitrogen and oxygen atoms in total. The van der Waals surface area contributed by atoms with Crippen LogP contribution in [0.25, 0.3) is 0 Å². The molecule has 0 amide bonds. The van der Waals surface area contributed by atoms with Crippen molar-refractivity contribution in [2.24, 2.45) is 10.4 Å². The first-order chi connectivity index (χ1) is 8.61. The van der Waals surface area contributed by atoms with E-state index in [0.717, 1.165) is 25.6 Å². The van der Waals surface area contributed by atoms with Crippen LogP contribution in [0.4, 0.5) is 0 Å². The molecule has 3 heteroatoms. The molecule has 2 rings (SSSR count). The Labute approximate surface area is 110 Å². The maximum Gasteiger partial charge on any atom is 0.193 e. The van der Waals surface area contributed by atoms with Gasteiger partial charge in [0, 0.05) is 26.7 Å². The standard InChI is InChI=1S/C15H23N3/c1-15(2)9-10-18(12-15)14(16-3)17-11-13-7-5-4-6-8-13/h4-8H,9-12H2,1-3H3,(H,16,17). The van der Waals surface area contributed by atoms with Crippen molar-refractivity contribution in [3.05, 3.63) is 35.9 Å². The van der Waals surface area contributed by atoms with E-state index in [-0.39, 0.29) is 0 Å². The molecule has 0 radical (unpaired) electrons. The molecule has 0 atom stereocenters. The van der Waals surface area contributed by atoms with Crippen LogP contribution >= 0.6 is 0 Å². The zero-order valence-corrected chi connectivity index (χ0v) is 11.6. The summed E-state index contributed by atoms with van der Waals surface area (Å²) in [6.07, 6.45) is 1.24. The molecule has 1 aliphatic rings. The number of hydrogen-bond donors (Lipinski definition) is 1. The second-order valence-electron chi connectivity index (χ2n) is 5.72. The van der Waals surface area contributed by atoms with E-state index in [1.165, 1.54) is 12.0 Å². The molecule has 0 saturated carbocycles. The van der Waals surface area contributed by atoms with Crippen molar-refractivity contribution in [1.29, 1.82) is 0 Å². The van der Waals surface area contributed by atoms with E-state index < -0.39 is 0 Å². The van der Waals surface area contributed by atoms with Gasteiger partial charge in [0.25, 0.3) is 0 Å². The number of nitrogens with zero attached hydrogens (tertiary/aromatic N) is 2. The molecule has 1 aliphatic heterocycles. The summed E-state index contributed by atoms with van der Waals surface area (Å²) in [5, 5.41) is 3.44. The lowest BCUT2D eigenvalue weighted by Gasteiger charge is -2.23. The number of benzene rings is 1. The van der Waals surface area contributed by atoms with Crippen LogP contribution in [0.5, 0.6) is 0 Å². The van der Waals surface area contributed by atoms with Crippen molar-refractivity contribution >= 4 is 5.96 Å². The molecule has 0 bridgehead atoms. The van der Waals surface area contributed by atoms with Gasteiger partial charge in [-0.2, -0.15) is 0 Å². The highest BCUT2D eigenvalue weighted by Gasteiger charge is 2.30. The van der Waals surface area contributed by atoms with E-state index in [9.17, 15) is 0 Å². The molecule has 1 aromatic carbocycles. The fourth-order valence-corrected chi connectivity index (χ4v) is 2.40. The van der Waals surface area contributed by atoms with Gasteiger partial charge in [0.15, 0.2) is 5.96 Å². The zero-order valence-electron chi connectivity index (χ0n) is 11.6. The molecule has 0 aromatic heterocycles. The van der Waals surface area contributed by atoms with Crippen molar-refractivity contribution < 1.29 is 0 Å². The fourth-order valence-electron chi connectivity index (χ4n) is 2.40. The van der Waals surface area contributed by atoms with E-state index >= 15 is 0 Å². The SMILES string of the molecule is CN=C(NCc1ccccc1)N1CCC(C)(C)C1. The lowest BCUT2D eigenvalue weighted by atomic mass is 9.93. The second kappa shape index (κ2) is 5.42. The Morgan fingerprint density at radius 2 is 2.06 bits per heavy atom. The molecule has 0 aliphatic carbocycles. The van der Waals surface area contributed by atoms with Gasteiger partial charge in [-0.25, -0.2) is 0 Å². The van der Waals surface area contributed by atoms with Crippen LogP contribution in [0.1, 0.15) is 25.8 Å². The smallest absolute Gasteiger partial charge is 0.193 e. The van der Waals surface area contributed by atoms with Gasteiger partial charge in [-0.05, 0) is 17.4 Å². The zero-order chi connectivity index (χ0) is 13.0. The van der Waals surface area contributed by atoms with Crippen molar-refractivity contribution in [2.75, 3.05) is 20.1 Å². The summed E-state index contributed by atoms with van der Waals surface area (Å²) >= 11 is 0. The number of rotatable bonds is 2. The van der Waals surface area contributed by atoms with Crippen LogP contribution in [0, 0.1) is 5.41 Å². The van der Waals surface area contributed by atoms with E-state index in [1.54, 1.807) is 0 Å². The van der Waals surface area contributed by atoms with E-state index in [4.69, 9.17) is 0 Å². The first kappa shape index (κ1) is 12.9. The lowest BCUT2D eigenvalue weighted by Crippen LogP contribution is -2.40. The Bertz CT molecular complexity index is 409. The van der Waals surface area contributed by atoms with Gasteiger partial charge < -0.3 is 10.2 Å². The topological polar surface area (TPSA) is 27.6 Å². The van der Waals surface area contributed by atoms with Gasteiger partial charge in [0.05, 0.1) is 0 Å². The second-order valence-corrected chi connectivity index (χ2v) is 5.72. The number of guanidine groups is 1. The predicted molar refractivity (Wildman–Crippen MR) is 76.6 cm³/mol. The van der Waals surface area contributed by atoms with Gasteiger partial charge in [-0.3, -0.25) is 4.99 Å². The number of nitrogens with one attached hydrogen (secondary N) is 1. The fraction of sp³-hybridized carbons (Fsp3) is 0.533. The van der Waals surface area contributed by atoms with Crippen molar-refractivity contribution in [3.63, 3.8) is 0 Å². The lowest BCUT2D eigenvalue weighted by molar-refractivity contribution is 0.370. The van der Waals surface area contributed by atoms with Crippen molar-refractivity contribution in [3.8, 4) is 0 Å². The van der Waals surface area contributed by atoms with Gasteiger partial charge >= 0.3 is 0 Å². The van der Waals surface area contributed by atoms with E-state index in [2.05, 4.69) is 53.3 Å². The first-order valence-corrected chi connectivity index (χ1v) is 6.60. The number of hydrogen-bond acceptors (Lipinski definition) is 1. The number of likely N-dealkylation sites (tertiary alicyclic amines) is 1. The molecular formula is C15H23N3. The van der Waals surface area contributed by atoms with Crippen LogP contribution in [0.3, 0.4) is 0 Å². The van der Waals surface area contributed by atoms with Gasteiger partial charge in [0.2, 0.25) is 0 Å². The predicted octanol–water partition coefficient (Wildman–Crippen LogP) is 2.49. The normalized spacial score (nSPS) is 19.1. The highest BCUT2D eigenvalue weighted by atomic mass is 15.3. The third-order valence-corrected chi connectivity index (χ3v) is 3.48. The first-order valence-electron chi connectivity index (χ1n) is 6.60. The quantitative estimate of drug-likeness (QED) is 0.640. The average Bonchev–Trinajstić information content (AvgIpc) is 2.72. The number of aliphatic imine (C=N–C) groups is 1. The Hall–Kier alpha value is -1.51. The maximum absolute atomic E-state index is 4.38. The van der Waals surface area contributed by atoms with Crippen LogP contribution in [-0.2, 0) is 6.54 Å². The summed E-state index contributed by atoms with van der Waals surface area (Å²) in [4.78, 5) is 6.73. The molecule has 18 heavy (non-hydrogen) atoms. The maximum atomic E-state index is 4.38. The van der Waals surface area contributed by atoms with Crippen LogP contribution < -0.4 is 5.32 Å². The molecule has 0 unspecified atom stereocenters. The minimum atomic E-state index is 0.407. The van der Waals surface area contributed by atoms with Crippen LogP contribution in [-0.4, -0.2) is 31.0 Å². The molecule has 98 valence electrons. The monoisotopic (exact) mass is 245 g/mol. The molecule has 1 heterocycles. The third kappa shape index (κ3) is 3.25. The summed E-state index contributed by atoms with van der Waals surface area (Å²) < 4.78 is 0. The summed E-state index contributed by atoms with van der Waals surface area (Å²) in [7, 11) is 1.86. The van der Waals surface area contributed by atoms with Gasteiger partial charge in [-0.1, -0.05) is 44.2 Å². The highest BCUT2D eigenvalue weighted by Crippen LogP contribution is 2.28. The molecule has 1 aromatic rings. The minimum absolute atomic E-state index is 0.407. The third-order valence-electron chi connectivity index (χ3n) is 3.48. The minimum Gasteiger partial charge on any atom is -0.352 e. The molecule has 0 spiro atoms. The van der Waals surface area contributed by atoms with Crippen LogP contribution in [0.15, 0.2) is 35.3 Å². The molecule has 1 saturated heterocycles. The van der Waals surface area contributed by atoms with Crippen molar-refractivity contribution in [1.82, 2.24) is 10.2 Å². The van der Waals surface area contributed by atoms with E-state index in [1.807, 2.05) is 13.1 Å². The van der Waals surface area contributed by atoms with Gasteiger partial charge in [0.1, 0.15) is 0 Å². The Morgan fingerprint density at radius 3 is 2.61 bits per heavy atom. The summed E-state index contributed by atoms with van der Waals surface area (Å²) in [5.41, 5.74) is 1.70. The summed E-state index contributed by atoms with van der Waals surface area (Å²) in [6.45, 7) is 7.66. The molecular weight excluding hydrogens is 222 g/mol. The molecule has 1 fully saturated rings. The van der Waals surface area contributed by atoms with Crippen LogP contribution in [0.2, 0.25) is 0 Å². The highest BCUT2D eigenvalue weighted by molar-refractivity contribution is 5.80. The van der Waals surface area contributed by atoms with Gasteiger partial charge in [-0.15, -0.1) is 0 Å². The summed E-state index contributed by atoms with van der Waals surface area (Å²) in [5.74, 6) is 1.02. The Morgan fingerprint density at radius 1 is 1.33 bits per heavy atom. The van der Waals surface area contributed by atoms with E-state index in [0.29, 0.717) is 5.41 Å². The Kier molecular flexibility index (Phi) is 3.90. The summed E-state index contributed by atoms with van der Waals surface area (Å²) in [6, 6.07) is 10.4.